The van der Waals surface area contributed by atoms with Gasteiger partial charge in [-0.25, -0.2) is 14.3 Å². The van der Waals surface area contributed by atoms with Crippen molar-refractivity contribution < 1.29 is 14.3 Å². The molecule has 1 N–H and O–H groups in total. The Morgan fingerprint density at radius 1 is 2.00 bits per heavy atom. The number of hydroxylamine groups is 4. The highest BCUT2D eigenvalue weighted by molar-refractivity contribution is 5.66. The second-order valence-corrected chi connectivity index (χ2v) is 2.04. The van der Waals surface area contributed by atoms with E-state index in [1.807, 2.05) is 5.48 Å². The number of carbonyl (C=O) groups is 1. The van der Waals surface area contributed by atoms with Gasteiger partial charge in [-0.15, -0.1) is 0 Å². The lowest BCUT2D eigenvalue weighted by atomic mass is 10.5. The predicted octanol–water partition coefficient (Wildman–Crippen LogP) is 0.0993. The Morgan fingerprint density at radius 3 is 3.10 bits per heavy atom. The van der Waals surface area contributed by atoms with Crippen molar-refractivity contribution in [3.63, 3.8) is 0 Å². The fraction of sp³-hybridized carbons (Fsp3) is 0.400. The first-order chi connectivity index (χ1) is 4.69. The highest BCUT2D eigenvalue weighted by atomic mass is 16.8. The Balaban J connectivity index is 2.65. The Labute approximate surface area is 58.0 Å². The van der Waals surface area contributed by atoms with Gasteiger partial charge in [-0.05, 0) is 6.08 Å². The third kappa shape index (κ3) is 1.02. The van der Waals surface area contributed by atoms with E-state index >= 15 is 0 Å². The number of urea groups is 1. The summed E-state index contributed by atoms with van der Waals surface area (Å²) in [5.74, 6) is 0. The van der Waals surface area contributed by atoms with Crippen molar-refractivity contribution in [2.24, 2.45) is 0 Å². The Kier molecular flexibility index (Phi) is 1.71. The van der Waals surface area contributed by atoms with E-state index in [2.05, 4.69) is 11.4 Å². The van der Waals surface area contributed by atoms with E-state index in [-0.39, 0.29) is 13.3 Å². The summed E-state index contributed by atoms with van der Waals surface area (Å²) in [6.45, 7) is 3.22. The molecule has 0 aromatic rings. The lowest BCUT2D eigenvalue weighted by Crippen LogP contribution is -2.44. The van der Waals surface area contributed by atoms with Crippen LogP contribution in [0.1, 0.15) is 0 Å². The number of amides is 2. The molecule has 0 aromatic heterocycles. The minimum Gasteiger partial charge on any atom is -0.622 e. The summed E-state index contributed by atoms with van der Waals surface area (Å²) < 4.78 is -1.01. The average Bonchev–Trinajstić information content (AvgIpc) is 2.15. The van der Waals surface area contributed by atoms with Crippen LogP contribution >= 0.6 is 0 Å². The molecule has 1 aliphatic heterocycles. The molecular formula is C5H8N2O3. The number of carbonyl (C=O) groups excluding carboxylic acids is 1. The molecule has 5 heteroatoms. The topological polar surface area (TPSA) is 61.4 Å². The van der Waals surface area contributed by atoms with Crippen LogP contribution in [-0.4, -0.2) is 24.0 Å². The summed E-state index contributed by atoms with van der Waals surface area (Å²) in [5, 5.41) is 11.2. The van der Waals surface area contributed by atoms with Crippen LogP contribution in [-0.2, 0) is 4.84 Å². The third-order valence-electron chi connectivity index (χ3n) is 1.23. The molecular weight excluding hydrogens is 136 g/mol. The van der Waals surface area contributed by atoms with E-state index in [1.165, 1.54) is 6.08 Å². The van der Waals surface area contributed by atoms with Gasteiger partial charge in [-0.1, -0.05) is 6.58 Å². The first-order valence-electron chi connectivity index (χ1n) is 2.80. The van der Waals surface area contributed by atoms with Gasteiger partial charge in [0.1, 0.15) is 6.54 Å². The molecule has 1 fully saturated rings. The lowest BCUT2D eigenvalue weighted by Gasteiger charge is -2.29. The SMILES string of the molecule is C=CC[N+]1([O-])CONC1=O. The maximum absolute atomic E-state index is 11.2. The average molecular weight is 144 g/mol. The number of nitrogens with one attached hydrogen (secondary N) is 1. The smallest absolute Gasteiger partial charge is 0.442 e. The fourth-order valence-electron chi connectivity index (χ4n) is 0.684. The zero-order valence-electron chi connectivity index (χ0n) is 5.37. The molecule has 1 unspecified atom stereocenters. The van der Waals surface area contributed by atoms with Crippen LogP contribution in [0.5, 0.6) is 0 Å². The Hall–Kier alpha value is -0.910. The van der Waals surface area contributed by atoms with Crippen LogP contribution < -0.4 is 5.48 Å². The van der Waals surface area contributed by atoms with Crippen LogP contribution in [0.2, 0.25) is 0 Å². The van der Waals surface area contributed by atoms with Crippen molar-refractivity contribution in [2.45, 2.75) is 0 Å². The third-order valence-corrected chi connectivity index (χ3v) is 1.23. The number of quaternary nitrogens is 1. The second-order valence-electron chi connectivity index (χ2n) is 2.04. The summed E-state index contributed by atoms with van der Waals surface area (Å²) >= 11 is 0. The molecule has 56 valence electrons. The van der Waals surface area contributed by atoms with E-state index in [4.69, 9.17) is 0 Å². The predicted molar refractivity (Wildman–Crippen MR) is 33.2 cm³/mol. The lowest BCUT2D eigenvalue weighted by molar-refractivity contribution is -0.798. The monoisotopic (exact) mass is 144 g/mol. The van der Waals surface area contributed by atoms with E-state index in [9.17, 15) is 10.0 Å². The van der Waals surface area contributed by atoms with Crippen molar-refractivity contribution in [1.29, 1.82) is 0 Å². The molecule has 10 heavy (non-hydrogen) atoms. The van der Waals surface area contributed by atoms with Gasteiger partial charge in [0.05, 0.1) is 0 Å². The van der Waals surface area contributed by atoms with Crippen LogP contribution in [0.25, 0.3) is 0 Å². The number of rotatable bonds is 2. The minimum absolute atomic E-state index is 0.0475. The van der Waals surface area contributed by atoms with Crippen molar-refractivity contribution >= 4 is 6.03 Å². The summed E-state index contributed by atoms with van der Waals surface area (Å²) in [6.07, 6.45) is 1.39. The second kappa shape index (κ2) is 2.37. The van der Waals surface area contributed by atoms with Gasteiger partial charge >= 0.3 is 6.03 Å². The largest absolute Gasteiger partial charge is 0.622 e. The van der Waals surface area contributed by atoms with E-state index in [1.54, 1.807) is 0 Å². The summed E-state index contributed by atoms with van der Waals surface area (Å²) in [7, 11) is 0. The summed E-state index contributed by atoms with van der Waals surface area (Å²) in [4.78, 5) is 15.1. The van der Waals surface area contributed by atoms with Crippen LogP contribution in [0.4, 0.5) is 4.79 Å². The van der Waals surface area contributed by atoms with Crippen molar-refractivity contribution in [2.75, 3.05) is 13.3 Å². The number of nitrogens with zero attached hydrogens (tertiary/aromatic N) is 1. The maximum Gasteiger partial charge on any atom is 0.442 e. The molecule has 0 aromatic carbocycles. The molecule has 0 radical (unpaired) electrons. The van der Waals surface area contributed by atoms with E-state index in [0.29, 0.717) is 0 Å². The first kappa shape index (κ1) is 7.20. The molecule has 1 rings (SSSR count). The normalized spacial score (nSPS) is 31.9. The van der Waals surface area contributed by atoms with Gasteiger partial charge in [-0.2, -0.15) is 5.48 Å². The van der Waals surface area contributed by atoms with Crippen molar-refractivity contribution in [3.8, 4) is 0 Å². The molecule has 0 spiro atoms. The molecule has 0 saturated carbocycles. The Morgan fingerprint density at radius 2 is 2.70 bits per heavy atom. The standard InChI is InChI=1S/C5H8N2O3/c1-2-3-7(9)4-10-6-5(7)8/h2H,1,3-4H2,(H,6,8). The number of hydrogen-bond donors (Lipinski definition) is 1. The quantitative estimate of drug-likeness (QED) is 0.339. The van der Waals surface area contributed by atoms with Crippen molar-refractivity contribution in [3.05, 3.63) is 17.9 Å². The number of hydrogen-bond acceptors (Lipinski definition) is 3. The van der Waals surface area contributed by atoms with Gasteiger partial charge in [0.25, 0.3) is 0 Å². The highest BCUT2D eigenvalue weighted by Crippen LogP contribution is 2.09. The van der Waals surface area contributed by atoms with E-state index in [0.717, 1.165) is 0 Å². The fourth-order valence-corrected chi connectivity index (χ4v) is 0.684. The van der Waals surface area contributed by atoms with E-state index < -0.39 is 10.7 Å². The van der Waals surface area contributed by atoms with Gasteiger partial charge in [0.15, 0.2) is 0 Å². The molecule has 1 atom stereocenters. The molecule has 0 bridgehead atoms. The minimum atomic E-state index is -1.01. The summed E-state index contributed by atoms with van der Waals surface area (Å²) in [5.41, 5.74) is 1.97. The summed E-state index contributed by atoms with van der Waals surface area (Å²) in [6, 6.07) is -0.667. The molecule has 0 aliphatic carbocycles. The molecule has 5 nitrogen and oxygen atoms in total. The zero-order chi connectivity index (χ0) is 7.61. The Bertz CT molecular complexity index is 170. The molecule has 1 aliphatic rings. The van der Waals surface area contributed by atoms with Crippen LogP contribution in [0, 0.1) is 5.21 Å². The van der Waals surface area contributed by atoms with Gasteiger partial charge < -0.3 is 5.21 Å². The molecule has 1 heterocycles. The van der Waals surface area contributed by atoms with Crippen LogP contribution in [0.15, 0.2) is 12.7 Å². The first-order valence-corrected chi connectivity index (χ1v) is 2.80. The zero-order valence-corrected chi connectivity index (χ0v) is 5.37. The van der Waals surface area contributed by atoms with Gasteiger partial charge in [0.2, 0.25) is 6.73 Å². The highest BCUT2D eigenvalue weighted by Gasteiger charge is 2.33. The van der Waals surface area contributed by atoms with Gasteiger partial charge in [0, 0.05) is 0 Å². The van der Waals surface area contributed by atoms with Crippen molar-refractivity contribution in [1.82, 2.24) is 5.48 Å². The molecule has 1 saturated heterocycles. The maximum atomic E-state index is 11.2. The van der Waals surface area contributed by atoms with Crippen LogP contribution in [0.3, 0.4) is 0 Å². The van der Waals surface area contributed by atoms with Gasteiger partial charge in [-0.3, -0.25) is 0 Å². The molecule has 2 amide bonds.